The van der Waals surface area contributed by atoms with Crippen molar-refractivity contribution in [3.05, 3.63) is 50.2 Å². The number of hydrogen-bond donors (Lipinski definition) is 1. The number of rotatable bonds is 3. The fraction of sp³-hybridized carbons (Fsp3) is 0.0769. The molecule has 2 rings (SSSR count). The summed E-state index contributed by atoms with van der Waals surface area (Å²) < 4.78 is 0. The van der Waals surface area contributed by atoms with Gasteiger partial charge in [-0.3, -0.25) is 4.79 Å². The van der Waals surface area contributed by atoms with Gasteiger partial charge in [0.05, 0.1) is 21.5 Å². The third kappa shape index (κ3) is 3.01. The van der Waals surface area contributed by atoms with E-state index in [0.29, 0.717) is 21.7 Å². The van der Waals surface area contributed by atoms with Crippen LogP contribution in [0.4, 0.5) is 0 Å². The van der Waals surface area contributed by atoms with Crippen LogP contribution in [0.3, 0.4) is 0 Å². The average Bonchev–Trinajstić information content (AvgIpc) is 2.37. The Labute approximate surface area is 135 Å². The SMILES string of the molecule is O=C(O)Cc1ccnc(Cl)c1-c1ccc(Cl)c(Cl)c1Cl. The van der Waals surface area contributed by atoms with E-state index in [1.165, 1.54) is 6.20 Å². The van der Waals surface area contributed by atoms with Gasteiger partial charge in [0, 0.05) is 17.3 Å². The van der Waals surface area contributed by atoms with E-state index in [-0.39, 0.29) is 21.6 Å². The van der Waals surface area contributed by atoms with E-state index in [9.17, 15) is 4.79 Å². The number of hydrogen-bond acceptors (Lipinski definition) is 2. The van der Waals surface area contributed by atoms with Crippen LogP contribution in [0.25, 0.3) is 11.1 Å². The van der Waals surface area contributed by atoms with E-state index < -0.39 is 5.97 Å². The molecule has 1 aromatic carbocycles. The first-order chi connectivity index (χ1) is 9.41. The van der Waals surface area contributed by atoms with Gasteiger partial charge < -0.3 is 5.11 Å². The van der Waals surface area contributed by atoms with Crippen LogP contribution in [-0.2, 0) is 11.2 Å². The van der Waals surface area contributed by atoms with Crippen molar-refractivity contribution in [3.8, 4) is 11.1 Å². The Morgan fingerprint density at radius 3 is 2.45 bits per heavy atom. The third-order valence-electron chi connectivity index (χ3n) is 2.64. The lowest BCUT2D eigenvalue weighted by molar-refractivity contribution is -0.136. The fourth-order valence-corrected chi connectivity index (χ4v) is 2.70. The zero-order chi connectivity index (χ0) is 14.9. The lowest BCUT2D eigenvalue weighted by atomic mass is 10.00. The average molecular weight is 351 g/mol. The van der Waals surface area contributed by atoms with Gasteiger partial charge in [0.1, 0.15) is 5.15 Å². The van der Waals surface area contributed by atoms with Crippen molar-refractivity contribution < 1.29 is 9.90 Å². The largest absolute Gasteiger partial charge is 0.481 e. The number of halogens is 4. The quantitative estimate of drug-likeness (QED) is 0.626. The maximum absolute atomic E-state index is 10.9. The first kappa shape index (κ1) is 15.4. The summed E-state index contributed by atoms with van der Waals surface area (Å²) in [7, 11) is 0. The van der Waals surface area contributed by atoms with Gasteiger partial charge in [0.25, 0.3) is 0 Å². The Morgan fingerprint density at radius 1 is 1.10 bits per heavy atom. The molecule has 1 heterocycles. The summed E-state index contributed by atoms with van der Waals surface area (Å²) in [5.74, 6) is -0.982. The van der Waals surface area contributed by atoms with Crippen molar-refractivity contribution >= 4 is 52.4 Å². The van der Waals surface area contributed by atoms with Crippen LogP contribution >= 0.6 is 46.4 Å². The number of benzene rings is 1. The van der Waals surface area contributed by atoms with Gasteiger partial charge in [0.2, 0.25) is 0 Å². The summed E-state index contributed by atoms with van der Waals surface area (Å²) in [5.41, 5.74) is 1.44. The minimum absolute atomic E-state index is 0.157. The second-order valence-electron chi connectivity index (χ2n) is 3.93. The number of pyridine rings is 1. The highest BCUT2D eigenvalue weighted by atomic mass is 35.5. The molecule has 3 nitrogen and oxygen atoms in total. The van der Waals surface area contributed by atoms with Gasteiger partial charge in [-0.25, -0.2) is 4.98 Å². The van der Waals surface area contributed by atoms with Crippen LogP contribution in [0, 0.1) is 0 Å². The predicted octanol–water partition coefficient (Wildman–Crippen LogP) is 4.99. The van der Waals surface area contributed by atoms with E-state index in [2.05, 4.69) is 4.98 Å². The molecule has 0 aliphatic rings. The summed E-state index contributed by atoms with van der Waals surface area (Å²) in [4.78, 5) is 14.9. The lowest BCUT2D eigenvalue weighted by Crippen LogP contribution is -2.03. The van der Waals surface area contributed by atoms with Crippen LogP contribution in [0.15, 0.2) is 24.4 Å². The molecule has 0 bridgehead atoms. The Balaban J connectivity index is 2.69. The predicted molar refractivity (Wildman–Crippen MR) is 81.1 cm³/mol. The Morgan fingerprint density at radius 2 is 1.80 bits per heavy atom. The minimum Gasteiger partial charge on any atom is -0.481 e. The maximum Gasteiger partial charge on any atom is 0.307 e. The van der Waals surface area contributed by atoms with Crippen LogP contribution < -0.4 is 0 Å². The number of aromatic nitrogens is 1. The Kier molecular flexibility index (Phi) is 4.76. The molecule has 0 fully saturated rings. The van der Waals surface area contributed by atoms with Crippen LogP contribution in [0.5, 0.6) is 0 Å². The van der Waals surface area contributed by atoms with E-state index in [1.54, 1.807) is 18.2 Å². The number of aliphatic carboxylic acids is 1. The fourth-order valence-electron chi connectivity index (χ4n) is 1.79. The smallest absolute Gasteiger partial charge is 0.307 e. The molecule has 0 spiro atoms. The van der Waals surface area contributed by atoms with Gasteiger partial charge >= 0.3 is 5.97 Å². The van der Waals surface area contributed by atoms with Gasteiger partial charge in [-0.2, -0.15) is 0 Å². The van der Waals surface area contributed by atoms with Gasteiger partial charge in [0.15, 0.2) is 0 Å². The normalized spacial score (nSPS) is 10.6. The second-order valence-corrected chi connectivity index (χ2v) is 5.45. The standard InChI is InChI=1S/C13H7Cl4NO2/c14-8-2-1-7(11(15)12(8)16)10-6(5-9(19)20)3-4-18-13(10)17/h1-4H,5H2,(H,19,20). The highest BCUT2D eigenvalue weighted by Crippen LogP contribution is 2.41. The van der Waals surface area contributed by atoms with E-state index in [4.69, 9.17) is 51.5 Å². The third-order valence-corrected chi connectivity index (χ3v) is 4.22. The molecule has 0 saturated heterocycles. The molecule has 1 aromatic heterocycles. The second kappa shape index (κ2) is 6.19. The molecule has 104 valence electrons. The maximum atomic E-state index is 10.9. The van der Waals surface area contributed by atoms with E-state index in [1.807, 2.05) is 0 Å². The number of carbonyl (C=O) groups is 1. The van der Waals surface area contributed by atoms with Crippen molar-refractivity contribution in [1.29, 1.82) is 0 Å². The lowest BCUT2D eigenvalue weighted by Gasteiger charge is -2.12. The summed E-state index contributed by atoms with van der Waals surface area (Å²) in [5, 5.41) is 9.81. The van der Waals surface area contributed by atoms with Crippen LogP contribution in [-0.4, -0.2) is 16.1 Å². The van der Waals surface area contributed by atoms with Gasteiger partial charge in [-0.15, -0.1) is 0 Å². The van der Waals surface area contributed by atoms with Crippen molar-refractivity contribution in [1.82, 2.24) is 4.98 Å². The molecule has 7 heteroatoms. The summed E-state index contributed by atoms with van der Waals surface area (Å²) in [6, 6.07) is 4.78. The van der Waals surface area contributed by atoms with Crippen LogP contribution in [0.2, 0.25) is 20.2 Å². The first-order valence-corrected chi connectivity index (χ1v) is 6.92. The van der Waals surface area contributed by atoms with E-state index in [0.717, 1.165) is 0 Å². The van der Waals surface area contributed by atoms with Crippen molar-refractivity contribution in [2.75, 3.05) is 0 Å². The molecule has 0 amide bonds. The van der Waals surface area contributed by atoms with Crippen molar-refractivity contribution in [2.45, 2.75) is 6.42 Å². The zero-order valence-electron chi connectivity index (χ0n) is 9.83. The molecule has 0 saturated carbocycles. The summed E-state index contributed by atoms with van der Waals surface area (Å²) in [6.07, 6.45) is 1.24. The Hall–Kier alpha value is -1.000. The molecule has 1 N–H and O–H groups in total. The molecule has 2 aromatic rings. The minimum atomic E-state index is -0.982. The molecular weight excluding hydrogens is 344 g/mol. The molecule has 0 radical (unpaired) electrons. The highest BCUT2D eigenvalue weighted by Gasteiger charge is 2.18. The first-order valence-electron chi connectivity index (χ1n) is 5.41. The van der Waals surface area contributed by atoms with Gasteiger partial charge in [-0.05, 0) is 17.7 Å². The van der Waals surface area contributed by atoms with Crippen LogP contribution in [0.1, 0.15) is 5.56 Å². The van der Waals surface area contributed by atoms with Crippen molar-refractivity contribution in [2.24, 2.45) is 0 Å². The molecular formula is C13H7Cl4NO2. The molecule has 20 heavy (non-hydrogen) atoms. The molecule has 0 atom stereocenters. The zero-order valence-corrected chi connectivity index (χ0v) is 12.9. The monoisotopic (exact) mass is 349 g/mol. The molecule has 0 unspecified atom stereocenters. The molecule has 0 aliphatic carbocycles. The van der Waals surface area contributed by atoms with E-state index >= 15 is 0 Å². The highest BCUT2D eigenvalue weighted by molar-refractivity contribution is 6.49. The summed E-state index contributed by atoms with van der Waals surface area (Å²) in [6.45, 7) is 0. The Bertz CT molecular complexity index is 688. The van der Waals surface area contributed by atoms with Gasteiger partial charge in [-0.1, -0.05) is 52.5 Å². The molecule has 0 aliphatic heterocycles. The number of carboxylic acids is 1. The van der Waals surface area contributed by atoms with Crippen molar-refractivity contribution in [3.63, 3.8) is 0 Å². The number of carboxylic acid groups (broad SMARTS) is 1. The number of nitrogens with zero attached hydrogens (tertiary/aromatic N) is 1. The topological polar surface area (TPSA) is 50.2 Å². The summed E-state index contributed by atoms with van der Waals surface area (Å²) >= 11 is 24.1.